The van der Waals surface area contributed by atoms with Crippen LogP contribution in [0.4, 0.5) is 0 Å². The summed E-state index contributed by atoms with van der Waals surface area (Å²) in [6.45, 7) is 0.623. The van der Waals surface area contributed by atoms with Crippen molar-refractivity contribution in [3.63, 3.8) is 0 Å². The Kier molecular flexibility index (Phi) is 4.02. The minimum absolute atomic E-state index is 0.0719. The van der Waals surface area contributed by atoms with Crippen molar-refractivity contribution in [1.29, 1.82) is 0 Å². The van der Waals surface area contributed by atoms with Crippen LogP contribution in [0.15, 0.2) is 29.1 Å². The number of carbonyl (C=O) groups is 1. The summed E-state index contributed by atoms with van der Waals surface area (Å²) < 4.78 is 1.16. The molecule has 0 unspecified atom stereocenters. The maximum atomic E-state index is 12.4. The third-order valence-electron chi connectivity index (χ3n) is 7.07. The lowest BCUT2D eigenvalue weighted by molar-refractivity contribution is -0.122. The third kappa shape index (κ3) is 3.15. The van der Waals surface area contributed by atoms with E-state index in [9.17, 15) is 9.59 Å². The molecule has 6 nitrogen and oxygen atoms in total. The largest absolute Gasteiger partial charge is 0.354 e. The number of hydrogen-bond acceptors (Lipinski definition) is 4. The number of carbonyl (C=O) groups excluding carboxylic acids is 1. The first-order valence-electron chi connectivity index (χ1n) is 10.2. The van der Waals surface area contributed by atoms with Gasteiger partial charge in [0, 0.05) is 6.54 Å². The monoisotopic (exact) mass is 366 g/mol. The van der Waals surface area contributed by atoms with Crippen molar-refractivity contribution in [3.8, 4) is 0 Å². The molecule has 4 aliphatic rings. The summed E-state index contributed by atoms with van der Waals surface area (Å²) in [4.78, 5) is 24.8. The molecule has 142 valence electrons. The van der Waals surface area contributed by atoms with E-state index >= 15 is 0 Å². The van der Waals surface area contributed by atoms with Crippen molar-refractivity contribution in [1.82, 2.24) is 20.3 Å². The van der Waals surface area contributed by atoms with Crippen molar-refractivity contribution in [2.45, 2.75) is 51.5 Å². The Hall–Kier alpha value is -2.24. The highest BCUT2D eigenvalue weighted by Gasteiger charge is 2.50. The summed E-state index contributed by atoms with van der Waals surface area (Å²) in [7, 11) is 0. The van der Waals surface area contributed by atoms with Crippen LogP contribution in [0.5, 0.6) is 0 Å². The summed E-state index contributed by atoms with van der Waals surface area (Å²) in [6.07, 6.45) is 9.44. The Bertz CT molecular complexity index is 900. The highest BCUT2D eigenvalue weighted by Crippen LogP contribution is 2.61. The summed E-state index contributed by atoms with van der Waals surface area (Å²) in [6, 6.07) is 7.08. The minimum atomic E-state index is -0.267. The molecule has 4 fully saturated rings. The standard InChI is InChI=1S/C21H26N4O2/c26-19(13-25-20(27)17-3-1-2-4-18(17)23-24-25)22-6-5-21-10-14-7-15(11-21)9-16(8-14)12-21/h1-4,14-16H,5-13H2,(H,22,26). The van der Waals surface area contributed by atoms with Crippen molar-refractivity contribution in [3.05, 3.63) is 34.6 Å². The molecule has 0 radical (unpaired) electrons. The average molecular weight is 366 g/mol. The van der Waals surface area contributed by atoms with Gasteiger partial charge in [-0.1, -0.05) is 17.3 Å². The highest BCUT2D eigenvalue weighted by atomic mass is 16.2. The molecular formula is C21H26N4O2. The molecule has 1 aromatic heterocycles. The van der Waals surface area contributed by atoms with Crippen LogP contribution in [0.2, 0.25) is 0 Å². The first-order valence-corrected chi connectivity index (χ1v) is 10.2. The molecule has 0 saturated heterocycles. The van der Waals surface area contributed by atoms with E-state index in [0.29, 0.717) is 22.9 Å². The number of aromatic nitrogens is 3. The molecule has 6 rings (SSSR count). The Balaban J connectivity index is 1.20. The molecule has 4 saturated carbocycles. The fourth-order valence-electron chi connectivity index (χ4n) is 6.38. The lowest BCUT2D eigenvalue weighted by Gasteiger charge is -2.57. The number of fused-ring (bicyclic) bond motifs is 1. The van der Waals surface area contributed by atoms with E-state index in [1.54, 1.807) is 18.2 Å². The molecular weight excluding hydrogens is 340 g/mol. The summed E-state index contributed by atoms with van der Waals surface area (Å²) in [5.74, 6) is 2.63. The Morgan fingerprint density at radius 3 is 2.48 bits per heavy atom. The summed E-state index contributed by atoms with van der Waals surface area (Å²) in [5.41, 5.74) is 0.750. The predicted molar refractivity (Wildman–Crippen MR) is 102 cm³/mol. The van der Waals surface area contributed by atoms with Crippen molar-refractivity contribution in [2.24, 2.45) is 23.2 Å². The van der Waals surface area contributed by atoms with Gasteiger partial charge in [-0.25, -0.2) is 4.68 Å². The number of amides is 1. The van der Waals surface area contributed by atoms with E-state index in [2.05, 4.69) is 15.6 Å². The fourth-order valence-corrected chi connectivity index (χ4v) is 6.38. The van der Waals surface area contributed by atoms with Gasteiger partial charge < -0.3 is 5.32 Å². The van der Waals surface area contributed by atoms with Crippen molar-refractivity contribution < 1.29 is 4.79 Å². The van der Waals surface area contributed by atoms with Gasteiger partial charge in [-0.2, -0.15) is 0 Å². The lowest BCUT2D eigenvalue weighted by Crippen LogP contribution is -2.47. The third-order valence-corrected chi connectivity index (χ3v) is 7.07. The average Bonchev–Trinajstić information content (AvgIpc) is 2.63. The molecule has 27 heavy (non-hydrogen) atoms. The molecule has 2 aromatic rings. The van der Waals surface area contributed by atoms with Crippen LogP contribution >= 0.6 is 0 Å². The van der Waals surface area contributed by atoms with E-state index in [-0.39, 0.29) is 18.0 Å². The maximum Gasteiger partial charge on any atom is 0.278 e. The van der Waals surface area contributed by atoms with Gasteiger partial charge in [-0.15, -0.1) is 5.10 Å². The van der Waals surface area contributed by atoms with Crippen molar-refractivity contribution in [2.75, 3.05) is 6.54 Å². The molecule has 1 amide bonds. The molecule has 0 atom stereocenters. The number of nitrogens with one attached hydrogen (secondary N) is 1. The molecule has 0 aliphatic heterocycles. The smallest absolute Gasteiger partial charge is 0.278 e. The zero-order valence-corrected chi connectivity index (χ0v) is 15.6. The van der Waals surface area contributed by atoms with Crippen LogP contribution in [0.1, 0.15) is 44.9 Å². The predicted octanol–water partition coefficient (Wildman–Crippen LogP) is 2.51. The zero-order valence-electron chi connectivity index (χ0n) is 15.6. The Morgan fingerprint density at radius 2 is 1.78 bits per heavy atom. The van der Waals surface area contributed by atoms with Crippen LogP contribution in [0.25, 0.3) is 10.9 Å². The van der Waals surface area contributed by atoms with E-state index in [1.807, 2.05) is 6.07 Å². The van der Waals surface area contributed by atoms with E-state index < -0.39 is 0 Å². The molecule has 4 bridgehead atoms. The Morgan fingerprint density at radius 1 is 1.11 bits per heavy atom. The second-order valence-corrected chi connectivity index (χ2v) is 9.09. The molecule has 1 N–H and O–H groups in total. The van der Waals surface area contributed by atoms with Crippen LogP contribution in [0, 0.1) is 23.2 Å². The summed E-state index contributed by atoms with van der Waals surface area (Å²) >= 11 is 0. The van der Waals surface area contributed by atoms with E-state index in [0.717, 1.165) is 28.9 Å². The topological polar surface area (TPSA) is 76.9 Å². The van der Waals surface area contributed by atoms with Gasteiger partial charge in [-0.3, -0.25) is 9.59 Å². The molecule has 1 aromatic carbocycles. The van der Waals surface area contributed by atoms with Gasteiger partial charge in [0.15, 0.2) is 0 Å². The first-order chi connectivity index (χ1) is 13.1. The van der Waals surface area contributed by atoms with Crippen LogP contribution in [0.3, 0.4) is 0 Å². The number of rotatable bonds is 5. The summed E-state index contributed by atoms with van der Waals surface area (Å²) in [5, 5.41) is 11.4. The van der Waals surface area contributed by atoms with Crippen LogP contribution < -0.4 is 10.9 Å². The van der Waals surface area contributed by atoms with Crippen LogP contribution in [-0.4, -0.2) is 27.4 Å². The SMILES string of the molecule is O=C(Cn1nnc2ccccc2c1=O)NCCC12CC3CC(CC(C3)C1)C2. The van der Waals surface area contributed by atoms with Gasteiger partial charge in [0.1, 0.15) is 12.1 Å². The van der Waals surface area contributed by atoms with Gasteiger partial charge in [0.2, 0.25) is 5.91 Å². The highest BCUT2D eigenvalue weighted by molar-refractivity contribution is 5.78. The van der Waals surface area contributed by atoms with Crippen LogP contribution in [-0.2, 0) is 11.3 Å². The second kappa shape index (κ2) is 6.43. The fraction of sp³-hybridized carbons (Fsp3) is 0.619. The number of nitrogens with zero attached hydrogens (tertiary/aromatic N) is 3. The van der Waals surface area contributed by atoms with Gasteiger partial charge in [-0.05, 0) is 80.2 Å². The van der Waals surface area contributed by atoms with Gasteiger partial charge in [0.05, 0.1) is 5.39 Å². The second-order valence-electron chi connectivity index (χ2n) is 9.09. The number of hydrogen-bond donors (Lipinski definition) is 1. The normalized spacial score (nSPS) is 31.3. The Labute approximate surface area is 158 Å². The van der Waals surface area contributed by atoms with Gasteiger partial charge >= 0.3 is 0 Å². The van der Waals surface area contributed by atoms with E-state index in [4.69, 9.17) is 0 Å². The minimum Gasteiger partial charge on any atom is -0.354 e. The molecule has 4 aliphatic carbocycles. The first kappa shape index (κ1) is 16.9. The quantitative estimate of drug-likeness (QED) is 0.882. The lowest BCUT2D eigenvalue weighted by atomic mass is 9.49. The van der Waals surface area contributed by atoms with Gasteiger partial charge in [0.25, 0.3) is 5.56 Å². The maximum absolute atomic E-state index is 12.4. The molecule has 6 heteroatoms. The van der Waals surface area contributed by atoms with E-state index in [1.165, 1.54) is 38.5 Å². The number of benzene rings is 1. The van der Waals surface area contributed by atoms with Crippen molar-refractivity contribution >= 4 is 16.8 Å². The molecule has 0 spiro atoms. The molecule has 1 heterocycles. The zero-order chi connectivity index (χ0) is 18.4.